The molecule has 0 fully saturated rings. The Morgan fingerprint density at radius 3 is 2.93 bits per heavy atom. The minimum Gasteiger partial charge on any atom is -0.447 e. The molecule has 2 N–H and O–H groups in total. The van der Waals surface area contributed by atoms with Crippen LogP contribution in [0.3, 0.4) is 0 Å². The first-order valence-electron chi connectivity index (χ1n) is 4.08. The molecular formula is C8H8BrN3OS. The number of nitrogens with two attached hydrogens (primary N) is 1. The molecule has 2 heterocycles. The third-order valence-electron chi connectivity index (χ3n) is 1.61. The molecule has 0 saturated carbocycles. The SMILES string of the molecule is NCCc1nnc(-c2ccc(Br)o2)s1. The van der Waals surface area contributed by atoms with Crippen molar-refractivity contribution >= 4 is 27.3 Å². The fourth-order valence-corrected chi connectivity index (χ4v) is 2.13. The normalized spacial score (nSPS) is 10.7. The van der Waals surface area contributed by atoms with Crippen molar-refractivity contribution in [3.8, 4) is 10.8 Å². The van der Waals surface area contributed by atoms with E-state index in [9.17, 15) is 0 Å². The minimum absolute atomic E-state index is 0.594. The molecule has 2 rings (SSSR count). The Bertz CT molecular complexity index is 426. The van der Waals surface area contributed by atoms with Gasteiger partial charge >= 0.3 is 0 Å². The summed E-state index contributed by atoms with van der Waals surface area (Å²) in [6, 6.07) is 3.69. The second kappa shape index (κ2) is 4.20. The maximum Gasteiger partial charge on any atom is 0.183 e. The van der Waals surface area contributed by atoms with Crippen LogP contribution in [0, 0.1) is 0 Å². The number of hydrogen-bond donors (Lipinski definition) is 1. The topological polar surface area (TPSA) is 64.9 Å². The van der Waals surface area contributed by atoms with Crippen molar-refractivity contribution in [3.63, 3.8) is 0 Å². The molecule has 0 radical (unpaired) electrons. The number of furan rings is 1. The summed E-state index contributed by atoms with van der Waals surface area (Å²) in [4.78, 5) is 0. The first kappa shape index (κ1) is 9.82. The maximum absolute atomic E-state index is 5.42. The van der Waals surface area contributed by atoms with E-state index in [0.29, 0.717) is 11.2 Å². The van der Waals surface area contributed by atoms with Gasteiger partial charge in [0, 0.05) is 6.42 Å². The molecule has 4 nitrogen and oxygen atoms in total. The highest BCUT2D eigenvalue weighted by molar-refractivity contribution is 9.10. The summed E-state index contributed by atoms with van der Waals surface area (Å²) in [5, 5.41) is 9.75. The summed E-state index contributed by atoms with van der Waals surface area (Å²) in [7, 11) is 0. The minimum atomic E-state index is 0.594. The molecule has 6 heteroatoms. The molecular weight excluding hydrogens is 266 g/mol. The van der Waals surface area contributed by atoms with Gasteiger partial charge in [-0.25, -0.2) is 0 Å². The van der Waals surface area contributed by atoms with Gasteiger partial charge < -0.3 is 10.2 Å². The molecule has 0 amide bonds. The Hall–Kier alpha value is -0.720. The third kappa shape index (κ3) is 2.02. The van der Waals surface area contributed by atoms with Crippen molar-refractivity contribution in [2.45, 2.75) is 6.42 Å². The predicted octanol–water partition coefficient (Wildman–Crippen LogP) is 2.06. The largest absolute Gasteiger partial charge is 0.447 e. The van der Waals surface area contributed by atoms with E-state index in [1.54, 1.807) is 0 Å². The summed E-state index contributed by atoms with van der Waals surface area (Å²) >= 11 is 4.74. The Morgan fingerprint density at radius 2 is 2.29 bits per heavy atom. The van der Waals surface area contributed by atoms with E-state index in [0.717, 1.165) is 22.2 Å². The fraction of sp³-hybridized carbons (Fsp3) is 0.250. The third-order valence-corrected chi connectivity index (χ3v) is 3.03. The highest BCUT2D eigenvalue weighted by Crippen LogP contribution is 2.27. The Morgan fingerprint density at radius 1 is 1.43 bits per heavy atom. The molecule has 74 valence electrons. The molecule has 14 heavy (non-hydrogen) atoms. The van der Waals surface area contributed by atoms with Crippen LogP contribution in [-0.2, 0) is 6.42 Å². The zero-order valence-electron chi connectivity index (χ0n) is 7.24. The van der Waals surface area contributed by atoms with Crippen molar-refractivity contribution < 1.29 is 4.42 Å². The summed E-state index contributed by atoms with van der Waals surface area (Å²) < 4.78 is 6.05. The van der Waals surface area contributed by atoms with Gasteiger partial charge in [0.05, 0.1) is 0 Å². The van der Waals surface area contributed by atoms with E-state index in [1.165, 1.54) is 11.3 Å². The maximum atomic E-state index is 5.42. The molecule has 0 aliphatic carbocycles. The molecule has 0 spiro atoms. The summed E-state index contributed by atoms with van der Waals surface area (Å²) in [5.41, 5.74) is 5.42. The van der Waals surface area contributed by atoms with Crippen LogP contribution in [-0.4, -0.2) is 16.7 Å². The second-order valence-electron chi connectivity index (χ2n) is 2.64. The first-order chi connectivity index (χ1) is 6.79. The number of halogens is 1. The van der Waals surface area contributed by atoms with Crippen LogP contribution in [0.25, 0.3) is 10.8 Å². The fourth-order valence-electron chi connectivity index (χ4n) is 1.01. The quantitative estimate of drug-likeness (QED) is 0.930. The van der Waals surface area contributed by atoms with Crippen LogP contribution >= 0.6 is 27.3 Å². The lowest BCUT2D eigenvalue weighted by atomic mass is 10.5. The monoisotopic (exact) mass is 273 g/mol. The lowest BCUT2D eigenvalue weighted by Crippen LogP contribution is -2.01. The van der Waals surface area contributed by atoms with E-state index in [-0.39, 0.29) is 0 Å². The van der Waals surface area contributed by atoms with Gasteiger partial charge in [-0.15, -0.1) is 10.2 Å². The van der Waals surface area contributed by atoms with Gasteiger partial charge in [0.1, 0.15) is 5.01 Å². The number of aromatic nitrogens is 2. The van der Waals surface area contributed by atoms with Gasteiger partial charge in [-0.3, -0.25) is 0 Å². The zero-order valence-corrected chi connectivity index (χ0v) is 9.64. The molecule has 0 aromatic carbocycles. The average molecular weight is 274 g/mol. The average Bonchev–Trinajstić information content (AvgIpc) is 2.74. The van der Waals surface area contributed by atoms with Crippen molar-refractivity contribution in [2.24, 2.45) is 5.73 Å². The Labute approximate surface area is 93.3 Å². The van der Waals surface area contributed by atoms with Crippen molar-refractivity contribution in [2.75, 3.05) is 6.54 Å². The van der Waals surface area contributed by atoms with Crippen molar-refractivity contribution in [1.82, 2.24) is 10.2 Å². The van der Waals surface area contributed by atoms with Crippen LogP contribution in [0.1, 0.15) is 5.01 Å². The second-order valence-corrected chi connectivity index (χ2v) is 4.49. The van der Waals surface area contributed by atoms with Gasteiger partial charge in [-0.1, -0.05) is 11.3 Å². The number of rotatable bonds is 3. The molecule has 0 aliphatic rings. The van der Waals surface area contributed by atoms with E-state index in [1.807, 2.05) is 12.1 Å². The smallest absolute Gasteiger partial charge is 0.183 e. The van der Waals surface area contributed by atoms with Gasteiger partial charge in [0.25, 0.3) is 0 Å². The van der Waals surface area contributed by atoms with Gasteiger partial charge in [0.2, 0.25) is 0 Å². The van der Waals surface area contributed by atoms with E-state index < -0.39 is 0 Å². The van der Waals surface area contributed by atoms with Crippen molar-refractivity contribution in [3.05, 3.63) is 21.8 Å². The molecule has 0 bridgehead atoms. The van der Waals surface area contributed by atoms with E-state index in [2.05, 4.69) is 26.1 Å². The lowest BCUT2D eigenvalue weighted by molar-refractivity contribution is 0.554. The summed E-state index contributed by atoms with van der Waals surface area (Å²) in [6.07, 6.45) is 0.763. The Kier molecular flexibility index (Phi) is 2.95. The van der Waals surface area contributed by atoms with Crippen LogP contribution < -0.4 is 5.73 Å². The predicted molar refractivity (Wildman–Crippen MR) is 58.1 cm³/mol. The van der Waals surface area contributed by atoms with Crippen LogP contribution in [0.4, 0.5) is 0 Å². The molecule has 0 atom stereocenters. The molecule has 2 aromatic rings. The molecule has 2 aromatic heterocycles. The highest BCUT2D eigenvalue weighted by Gasteiger charge is 2.09. The molecule has 0 saturated heterocycles. The standard InChI is InChI=1S/C8H8BrN3OS/c9-6-2-1-5(13-6)8-12-11-7(14-8)3-4-10/h1-2H,3-4,10H2. The number of hydrogen-bond acceptors (Lipinski definition) is 5. The van der Waals surface area contributed by atoms with Gasteiger partial charge in [0.15, 0.2) is 15.4 Å². The van der Waals surface area contributed by atoms with E-state index in [4.69, 9.17) is 10.2 Å². The van der Waals surface area contributed by atoms with Crippen molar-refractivity contribution in [1.29, 1.82) is 0 Å². The highest BCUT2D eigenvalue weighted by atomic mass is 79.9. The van der Waals surface area contributed by atoms with Crippen LogP contribution in [0.15, 0.2) is 21.2 Å². The van der Waals surface area contributed by atoms with Crippen LogP contribution in [0.5, 0.6) is 0 Å². The zero-order chi connectivity index (χ0) is 9.97. The van der Waals surface area contributed by atoms with Gasteiger partial charge in [-0.2, -0.15) is 0 Å². The van der Waals surface area contributed by atoms with Crippen LogP contribution in [0.2, 0.25) is 0 Å². The number of nitrogens with zero attached hydrogens (tertiary/aromatic N) is 2. The Balaban J connectivity index is 2.24. The first-order valence-corrected chi connectivity index (χ1v) is 5.68. The van der Waals surface area contributed by atoms with E-state index >= 15 is 0 Å². The summed E-state index contributed by atoms with van der Waals surface area (Å²) in [5.74, 6) is 0.734. The summed E-state index contributed by atoms with van der Waals surface area (Å²) in [6.45, 7) is 0.594. The lowest BCUT2D eigenvalue weighted by Gasteiger charge is -1.86. The van der Waals surface area contributed by atoms with Gasteiger partial charge in [-0.05, 0) is 34.6 Å². The molecule has 0 aliphatic heterocycles. The molecule has 0 unspecified atom stereocenters.